The van der Waals surface area contributed by atoms with Gasteiger partial charge in [-0.15, -0.1) is 0 Å². The molecule has 1 fully saturated rings. The van der Waals surface area contributed by atoms with Crippen molar-refractivity contribution in [3.8, 4) is 11.1 Å². The van der Waals surface area contributed by atoms with Crippen LogP contribution in [0.3, 0.4) is 0 Å². The van der Waals surface area contributed by atoms with E-state index in [4.69, 9.17) is 14.5 Å². The molecule has 0 spiro atoms. The summed E-state index contributed by atoms with van der Waals surface area (Å²) in [5.74, 6) is 0.527. The molecule has 2 aromatic heterocycles. The van der Waals surface area contributed by atoms with Crippen LogP contribution in [0.1, 0.15) is 25.6 Å². The molecule has 1 atom stereocenters. The Kier molecular flexibility index (Phi) is 6.48. The predicted octanol–water partition coefficient (Wildman–Crippen LogP) is 1.32. The van der Waals surface area contributed by atoms with E-state index in [0.29, 0.717) is 25.6 Å². The minimum absolute atomic E-state index is 0.00925. The van der Waals surface area contributed by atoms with Crippen LogP contribution in [0.4, 0.5) is 5.95 Å². The maximum absolute atomic E-state index is 12.5. The van der Waals surface area contributed by atoms with Crippen LogP contribution < -0.4 is 4.90 Å². The molecular formula is C19H26N6O3. The van der Waals surface area contributed by atoms with Crippen LogP contribution in [-0.2, 0) is 14.3 Å². The first-order chi connectivity index (χ1) is 13.5. The molecule has 0 aliphatic carbocycles. The van der Waals surface area contributed by atoms with E-state index in [1.54, 1.807) is 23.5 Å². The number of carbonyl (C=O) groups excluding carboxylic acids is 1. The maximum Gasteiger partial charge on any atom is 0.248 e. The van der Waals surface area contributed by atoms with Crippen molar-refractivity contribution in [2.45, 2.75) is 26.1 Å². The van der Waals surface area contributed by atoms with E-state index in [-0.39, 0.29) is 24.7 Å². The molecule has 9 nitrogen and oxygen atoms in total. The minimum atomic E-state index is -0.367. The zero-order valence-electron chi connectivity index (χ0n) is 16.7. The lowest BCUT2D eigenvalue weighted by Gasteiger charge is -2.33. The Hall–Kier alpha value is -2.65. The Balaban J connectivity index is 1.88. The monoisotopic (exact) mass is 386 g/mol. The number of morpholine rings is 1. The molecule has 28 heavy (non-hydrogen) atoms. The molecule has 1 aliphatic rings. The van der Waals surface area contributed by atoms with Gasteiger partial charge < -0.3 is 19.3 Å². The largest absolute Gasteiger partial charge is 0.369 e. The van der Waals surface area contributed by atoms with Gasteiger partial charge in [-0.1, -0.05) is 0 Å². The van der Waals surface area contributed by atoms with Crippen molar-refractivity contribution < 1.29 is 14.3 Å². The summed E-state index contributed by atoms with van der Waals surface area (Å²) in [5.41, 5.74) is 2.32. The molecule has 3 rings (SSSR count). The third kappa shape index (κ3) is 4.79. The number of anilines is 1. The van der Waals surface area contributed by atoms with E-state index in [0.717, 1.165) is 16.8 Å². The number of ether oxygens (including phenoxy) is 2. The highest BCUT2D eigenvalue weighted by atomic mass is 16.5. The molecule has 2 aromatic rings. The summed E-state index contributed by atoms with van der Waals surface area (Å²) < 4.78 is 11.4. The SMILES string of the molecule is CC(C)OCC(=O)N1CCOC(c2nc(N(C)C)ncc2-c2cncnc2)C1. The molecular weight excluding hydrogens is 360 g/mol. The molecule has 1 unspecified atom stereocenters. The number of nitrogens with zero attached hydrogens (tertiary/aromatic N) is 6. The van der Waals surface area contributed by atoms with Gasteiger partial charge in [-0.2, -0.15) is 0 Å². The third-order valence-corrected chi connectivity index (χ3v) is 4.34. The van der Waals surface area contributed by atoms with Crippen molar-refractivity contribution in [1.82, 2.24) is 24.8 Å². The van der Waals surface area contributed by atoms with Crippen LogP contribution in [0.5, 0.6) is 0 Å². The molecule has 150 valence electrons. The Morgan fingerprint density at radius 3 is 2.75 bits per heavy atom. The maximum atomic E-state index is 12.5. The smallest absolute Gasteiger partial charge is 0.248 e. The first-order valence-electron chi connectivity index (χ1n) is 9.26. The van der Waals surface area contributed by atoms with Crippen molar-refractivity contribution in [3.63, 3.8) is 0 Å². The average molecular weight is 386 g/mol. The van der Waals surface area contributed by atoms with Gasteiger partial charge in [0, 0.05) is 50.4 Å². The van der Waals surface area contributed by atoms with Crippen molar-refractivity contribution >= 4 is 11.9 Å². The standard InChI is InChI=1S/C19H26N6O3/c1-13(2)28-11-17(26)25-5-6-27-16(10-25)18-15(14-7-20-12-21-8-14)9-22-19(23-18)24(3)4/h7-9,12-13,16H,5-6,10-11H2,1-4H3. The summed E-state index contributed by atoms with van der Waals surface area (Å²) in [7, 11) is 3.76. The molecule has 1 amide bonds. The normalized spacial score (nSPS) is 17.0. The molecule has 0 saturated carbocycles. The Morgan fingerprint density at radius 1 is 1.32 bits per heavy atom. The summed E-state index contributed by atoms with van der Waals surface area (Å²) >= 11 is 0. The summed E-state index contributed by atoms with van der Waals surface area (Å²) in [4.78, 5) is 33.4. The van der Waals surface area contributed by atoms with Crippen molar-refractivity contribution in [2.75, 3.05) is 45.3 Å². The van der Waals surface area contributed by atoms with E-state index in [2.05, 4.69) is 15.0 Å². The van der Waals surface area contributed by atoms with Gasteiger partial charge in [0.15, 0.2) is 0 Å². The fraction of sp³-hybridized carbons (Fsp3) is 0.526. The first kappa shape index (κ1) is 20.1. The lowest BCUT2D eigenvalue weighted by molar-refractivity contribution is -0.145. The molecule has 3 heterocycles. The Morgan fingerprint density at radius 2 is 2.07 bits per heavy atom. The van der Waals surface area contributed by atoms with Gasteiger partial charge in [-0.25, -0.2) is 19.9 Å². The highest BCUT2D eigenvalue weighted by molar-refractivity contribution is 5.77. The Labute approximate surface area is 164 Å². The van der Waals surface area contributed by atoms with Crippen molar-refractivity contribution in [1.29, 1.82) is 0 Å². The molecule has 0 N–H and O–H groups in total. The van der Waals surface area contributed by atoms with Crippen LogP contribution in [0.2, 0.25) is 0 Å². The molecule has 0 aromatic carbocycles. The fourth-order valence-corrected chi connectivity index (χ4v) is 2.88. The van der Waals surface area contributed by atoms with Crippen LogP contribution in [0, 0.1) is 0 Å². The van der Waals surface area contributed by atoms with E-state index in [9.17, 15) is 4.79 Å². The molecule has 0 radical (unpaired) electrons. The van der Waals surface area contributed by atoms with Crippen molar-refractivity contribution in [2.24, 2.45) is 0 Å². The van der Waals surface area contributed by atoms with Crippen molar-refractivity contribution in [3.05, 3.63) is 30.6 Å². The number of aromatic nitrogens is 4. The lowest BCUT2D eigenvalue weighted by atomic mass is 10.0. The zero-order chi connectivity index (χ0) is 20.1. The highest BCUT2D eigenvalue weighted by Gasteiger charge is 2.29. The van der Waals surface area contributed by atoms with Gasteiger partial charge in [-0.05, 0) is 13.8 Å². The summed E-state index contributed by atoms with van der Waals surface area (Å²) in [5, 5.41) is 0. The van der Waals surface area contributed by atoms with Gasteiger partial charge in [0.2, 0.25) is 11.9 Å². The fourth-order valence-electron chi connectivity index (χ4n) is 2.88. The van der Waals surface area contributed by atoms with Gasteiger partial charge >= 0.3 is 0 Å². The quantitative estimate of drug-likeness (QED) is 0.734. The zero-order valence-corrected chi connectivity index (χ0v) is 16.7. The predicted molar refractivity (Wildman–Crippen MR) is 104 cm³/mol. The van der Waals surface area contributed by atoms with Crippen LogP contribution >= 0.6 is 0 Å². The topological polar surface area (TPSA) is 93.6 Å². The number of hydrogen-bond donors (Lipinski definition) is 0. The van der Waals surface area contributed by atoms with Gasteiger partial charge in [0.1, 0.15) is 19.0 Å². The molecule has 9 heteroatoms. The van der Waals surface area contributed by atoms with Gasteiger partial charge in [0.05, 0.1) is 24.9 Å². The summed E-state index contributed by atoms with van der Waals surface area (Å²) in [6.45, 7) is 5.26. The summed E-state index contributed by atoms with van der Waals surface area (Å²) in [6.07, 6.45) is 6.30. The molecule has 1 saturated heterocycles. The Bertz CT molecular complexity index is 800. The van der Waals surface area contributed by atoms with E-state index >= 15 is 0 Å². The average Bonchev–Trinajstić information content (AvgIpc) is 2.72. The van der Waals surface area contributed by atoms with Crippen LogP contribution in [0.15, 0.2) is 24.9 Å². The second-order valence-electron chi connectivity index (χ2n) is 7.05. The number of rotatable bonds is 6. The van der Waals surface area contributed by atoms with Crippen LogP contribution in [-0.4, -0.2) is 77.2 Å². The van der Waals surface area contributed by atoms with E-state index in [1.807, 2.05) is 32.8 Å². The molecule has 0 bridgehead atoms. The second-order valence-corrected chi connectivity index (χ2v) is 7.05. The van der Waals surface area contributed by atoms with E-state index in [1.165, 1.54) is 6.33 Å². The number of hydrogen-bond acceptors (Lipinski definition) is 8. The number of carbonyl (C=O) groups is 1. The first-order valence-corrected chi connectivity index (χ1v) is 9.26. The minimum Gasteiger partial charge on any atom is -0.369 e. The second kappa shape index (κ2) is 9.03. The van der Waals surface area contributed by atoms with Gasteiger partial charge in [-0.3, -0.25) is 4.79 Å². The third-order valence-electron chi connectivity index (χ3n) is 4.34. The lowest BCUT2D eigenvalue weighted by Crippen LogP contribution is -2.44. The summed E-state index contributed by atoms with van der Waals surface area (Å²) in [6, 6.07) is 0. The highest BCUT2D eigenvalue weighted by Crippen LogP contribution is 2.30. The molecule has 1 aliphatic heterocycles. The van der Waals surface area contributed by atoms with E-state index < -0.39 is 0 Å². The number of amides is 1. The van der Waals surface area contributed by atoms with Gasteiger partial charge in [0.25, 0.3) is 0 Å². The van der Waals surface area contributed by atoms with Crippen LogP contribution in [0.25, 0.3) is 11.1 Å².